The Hall–Kier alpha value is -4.06. The fourth-order valence-corrected chi connectivity index (χ4v) is 4.79. The van der Waals surface area contributed by atoms with Crippen molar-refractivity contribution in [3.63, 3.8) is 0 Å². The summed E-state index contributed by atoms with van der Waals surface area (Å²) >= 11 is 0. The highest BCUT2D eigenvalue weighted by Crippen LogP contribution is 2.41. The van der Waals surface area contributed by atoms with E-state index in [0.29, 0.717) is 41.2 Å². The normalized spacial score (nSPS) is 14.8. The summed E-state index contributed by atoms with van der Waals surface area (Å²) in [6.07, 6.45) is 2.86. The van der Waals surface area contributed by atoms with Crippen molar-refractivity contribution < 1.29 is 18.7 Å². The molecule has 6 heteroatoms. The first-order valence-corrected chi connectivity index (χ1v) is 12.3. The molecule has 184 valence electrons. The van der Waals surface area contributed by atoms with Crippen LogP contribution >= 0.6 is 0 Å². The van der Waals surface area contributed by atoms with Crippen LogP contribution in [0, 0.1) is 0 Å². The molecule has 1 aliphatic rings. The Morgan fingerprint density at radius 2 is 1.69 bits per heavy atom. The predicted molar refractivity (Wildman–Crippen MR) is 139 cm³/mol. The monoisotopic (exact) mass is 483 g/mol. The highest BCUT2D eigenvalue weighted by atomic mass is 16.5. The van der Waals surface area contributed by atoms with Gasteiger partial charge in [0.1, 0.15) is 12.2 Å². The number of fused-ring (bicyclic) bond motifs is 2. The summed E-state index contributed by atoms with van der Waals surface area (Å²) in [5.41, 5.74) is 2.46. The number of ether oxygens (including phenoxy) is 2. The summed E-state index contributed by atoms with van der Waals surface area (Å²) in [6, 6.07) is 22.0. The van der Waals surface area contributed by atoms with E-state index in [1.54, 1.807) is 36.3 Å². The molecule has 0 aliphatic carbocycles. The van der Waals surface area contributed by atoms with E-state index in [4.69, 9.17) is 13.9 Å². The van der Waals surface area contributed by atoms with Gasteiger partial charge in [-0.05, 0) is 41.8 Å². The van der Waals surface area contributed by atoms with Gasteiger partial charge >= 0.3 is 0 Å². The van der Waals surface area contributed by atoms with Crippen LogP contribution in [0.4, 0.5) is 0 Å². The lowest BCUT2D eigenvalue weighted by molar-refractivity contribution is 0.0724. The fraction of sp³-hybridized carbons (Fsp3) is 0.267. The van der Waals surface area contributed by atoms with E-state index in [-0.39, 0.29) is 17.1 Å². The lowest BCUT2D eigenvalue weighted by Gasteiger charge is -2.25. The summed E-state index contributed by atoms with van der Waals surface area (Å²) in [4.78, 5) is 28.9. The lowest BCUT2D eigenvalue weighted by atomic mass is 9.98. The van der Waals surface area contributed by atoms with Crippen molar-refractivity contribution in [2.45, 2.75) is 38.8 Å². The van der Waals surface area contributed by atoms with Crippen LogP contribution in [-0.4, -0.2) is 24.5 Å². The number of methoxy groups -OCH3 is 1. The van der Waals surface area contributed by atoms with Gasteiger partial charge < -0.3 is 18.8 Å². The first-order chi connectivity index (χ1) is 17.6. The maximum absolute atomic E-state index is 13.6. The second kappa shape index (κ2) is 10.3. The van der Waals surface area contributed by atoms with Gasteiger partial charge in [0.2, 0.25) is 5.76 Å². The van der Waals surface area contributed by atoms with Crippen LogP contribution in [0.1, 0.15) is 59.5 Å². The summed E-state index contributed by atoms with van der Waals surface area (Å²) in [5.74, 6) is 1.02. The van der Waals surface area contributed by atoms with Gasteiger partial charge in [-0.2, -0.15) is 0 Å². The summed E-state index contributed by atoms with van der Waals surface area (Å²) < 4.78 is 17.7. The molecule has 0 saturated carbocycles. The van der Waals surface area contributed by atoms with Crippen LogP contribution < -0.4 is 14.9 Å². The molecule has 4 aromatic rings. The summed E-state index contributed by atoms with van der Waals surface area (Å²) in [7, 11) is 1.59. The van der Waals surface area contributed by atoms with Crippen molar-refractivity contribution in [3.05, 3.63) is 105 Å². The van der Waals surface area contributed by atoms with Crippen LogP contribution in [-0.2, 0) is 6.61 Å². The molecular weight excluding hydrogens is 454 g/mol. The van der Waals surface area contributed by atoms with Gasteiger partial charge in [-0.3, -0.25) is 9.59 Å². The molecule has 5 rings (SSSR count). The highest BCUT2D eigenvalue weighted by Gasteiger charge is 2.42. The number of rotatable bonds is 9. The molecule has 36 heavy (non-hydrogen) atoms. The second-order valence-corrected chi connectivity index (χ2v) is 8.96. The first-order valence-electron chi connectivity index (χ1n) is 12.3. The number of nitrogens with zero attached hydrogens (tertiary/aromatic N) is 1. The van der Waals surface area contributed by atoms with E-state index in [1.165, 1.54) is 0 Å². The lowest BCUT2D eigenvalue weighted by Crippen LogP contribution is -2.30. The van der Waals surface area contributed by atoms with Gasteiger partial charge in [0.05, 0.1) is 24.1 Å². The first kappa shape index (κ1) is 23.7. The summed E-state index contributed by atoms with van der Waals surface area (Å²) in [6.45, 7) is 3.06. The van der Waals surface area contributed by atoms with E-state index in [0.717, 1.165) is 30.4 Å². The second-order valence-electron chi connectivity index (χ2n) is 8.96. The zero-order chi connectivity index (χ0) is 25.1. The van der Waals surface area contributed by atoms with Crippen molar-refractivity contribution in [2.75, 3.05) is 13.7 Å². The zero-order valence-electron chi connectivity index (χ0n) is 20.5. The topological polar surface area (TPSA) is 69.0 Å². The fourth-order valence-electron chi connectivity index (χ4n) is 4.79. The number of carbonyl (C=O) groups is 1. The molecule has 1 unspecified atom stereocenters. The quantitative estimate of drug-likeness (QED) is 0.269. The van der Waals surface area contributed by atoms with Crippen LogP contribution in [0.2, 0.25) is 0 Å². The van der Waals surface area contributed by atoms with E-state index >= 15 is 0 Å². The molecule has 2 heterocycles. The van der Waals surface area contributed by atoms with Crippen molar-refractivity contribution >= 4 is 16.9 Å². The molecule has 1 aromatic heterocycles. The SMILES string of the molecule is CCCCCN1C(=O)c2oc3ccccc3c(=O)c2C1c1ccc(OCc2ccccc2)c(OC)c1. The third-order valence-corrected chi connectivity index (χ3v) is 6.62. The van der Waals surface area contributed by atoms with Crippen molar-refractivity contribution in [1.29, 1.82) is 0 Å². The Labute approximate surface area is 210 Å². The minimum Gasteiger partial charge on any atom is -0.493 e. The van der Waals surface area contributed by atoms with Gasteiger partial charge in [-0.25, -0.2) is 0 Å². The van der Waals surface area contributed by atoms with Crippen molar-refractivity contribution in [2.24, 2.45) is 0 Å². The van der Waals surface area contributed by atoms with Gasteiger partial charge in [-0.1, -0.05) is 68.3 Å². The van der Waals surface area contributed by atoms with Crippen LogP contribution in [0.5, 0.6) is 11.5 Å². The molecule has 0 bridgehead atoms. The highest BCUT2D eigenvalue weighted by molar-refractivity contribution is 5.99. The largest absolute Gasteiger partial charge is 0.493 e. The Morgan fingerprint density at radius 1 is 0.917 bits per heavy atom. The molecule has 0 N–H and O–H groups in total. The van der Waals surface area contributed by atoms with Crippen LogP contribution in [0.3, 0.4) is 0 Å². The average Bonchev–Trinajstić information content (AvgIpc) is 3.20. The van der Waals surface area contributed by atoms with E-state index < -0.39 is 6.04 Å². The van der Waals surface area contributed by atoms with E-state index in [9.17, 15) is 9.59 Å². The smallest absolute Gasteiger partial charge is 0.290 e. The number of amides is 1. The molecule has 0 radical (unpaired) electrons. The van der Waals surface area contributed by atoms with Gasteiger partial charge in [-0.15, -0.1) is 0 Å². The number of para-hydroxylation sites is 1. The standard InChI is InChI=1S/C30H29NO5/c1-3-4-10-17-31-27(26-28(32)22-13-8-9-14-23(22)36-29(26)30(31)33)21-15-16-24(25(18-21)34-2)35-19-20-11-6-5-7-12-20/h5-9,11-16,18,27H,3-4,10,17,19H2,1-2H3. The van der Waals surface area contributed by atoms with Gasteiger partial charge in [0, 0.05) is 6.54 Å². The number of hydrogen-bond donors (Lipinski definition) is 0. The van der Waals surface area contributed by atoms with Crippen LogP contribution in [0.15, 0.2) is 82.0 Å². The Kier molecular flexibility index (Phi) is 6.76. The van der Waals surface area contributed by atoms with Gasteiger partial charge in [0.25, 0.3) is 5.91 Å². The molecular formula is C30H29NO5. The van der Waals surface area contributed by atoms with E-state index in [2.05, 4.69) is 6.92 Å². The molecule has 0 spiro atoms. The minimum absolute atomic E-state index is 0.128. The van der Waals surface area contributed by atoms with Crippen molar-refractivity contribution in [1.82, 2.24) is 4.90 Å². The number of carbonyl (C=O) groups excluding carboxylic acids is 1. The van der Waals surface area contributed by atoms with E-state index in [1.807, 2.05) is 48.5 Å². The Bertz CT molecular complexity index is 1440. The maximum Gasteiger partial charge on any atom is 0.290 e. The molecule has 6 nitrogen and oxygen atoms in total. The number of unbranched alkanes of at least 4 members (excludes halogenated alkanes) is 2. The average molecular weight is 484 g/mol. The summed E-state index contributed by atoms with van der Waals surface area (Å²) in [5, 5.41) is 0.472. The molecule has 1 atom stereocenters. The zero-order valence-corrected chi connectivity index (χ0v) is 20.5. The third-order valence-electron chi connectivity index (χ3n) is 6.62. The third kappa shape index (κ3) is 4.35. The van der Waals surface area contributed by atoms with Gasteiger partial charge in [0.15, 0.2) is 16.9 Å². The molecule has 1 aliphatic heterocycles. The van der Waals surface area contributed by atoms with Crippen LogP contribution in [0.25, 0.3) is 11.0 Å². The number of hydrogen-bond acceptors (Lipinski definition) is 5. The minimum atomic E-state index is -0.553. The molecule has 0 saturated heterocycles. The Morgan fingerprint density at radius 3 is 2.47 bits per heavy atom. The number of benzene rings is 3. The maximum atomic E-state index is 13.6. The predicted octanol–water partition coefficient (Wildman–Crippen LogP) is 6.12. The molecule has 3 aromatic carbocycles. The van der Waals surface area contributed by atoms with Crippen molar-refractivity contribution in [3.8, 4) is 11.5 Å². The molecule has 0 fully saturated rings. The molecule has 1 amide bonds. The Balaban J connectivity index is 1.56.